The highest BCUT2D eigenvalue weighted by molar-refractivity contribution is 5.50. The van der Waals surface area contributed by atoms with Gasteiger partial charge in [0.1, 0.15) is 0 Å². The second-order valence-electron chi connectivity index (χ2n) is 3.61. The Morgan fingerprint density at radius 1 is 1.31 bits per heavy atom. The Labute approximate surface area is 93.7 Å². The topological polar surface area (TPSA) is 77.8 Å². The molecule has 2 aromatic rings. The van der Waals surface area contributed by atoms with Gasteiger partial charge >= 0.3 is 0 Å². The Bertz CT molecular complexity index is 440. The average Bonchev–Trinajstić information content (AvgIpc) is 2.78. The van der Waals surface area contributed by atoms with Gasteiger partial charge in [-0.05, 0) is 18.6 Å². The van der Waals surface area contributed by atoms with Gasteiger partial charge in [0, 0.05) is 30.4 Å². The maximum Gasteiger partial charge on any atom is 0.247 e. The zero-order valence-corrected chi connectivity index (χ0v) is 9.13. The molecule has 2 N–H and O–H groups in total. The summed E-state index contributed by atoms with van der Waals surface area (Å²) in [6.07, 6.45) is 4.90. The van der Waals surface area contributed by atoms with E-state index in [1.807, 2.05) is 19.1 Å². The second kappa shape index (κ2) is 4.85. The molecule has 0 aliphatic carbocycles. The Morgan fingerprint density at radius 3 is 2.75 bits per heavy atom. The third kappa shape index (κ3) is 2.43. The summed E-state index contributed by atoms with van der Waals surface area (Å²) in [5.41, 5.74) is 6.69. The normalized spacial score (nSPS) is 12.6. The van der Waals surface area contributed by atoms with Gasteiger partial charge in [0.2, 0.25) is 11.8 Å². The van der Waals surface area contributed by atoms with Crippen molar-refractivity contribution >= 4 is 0 Å². The maximum atomic E-state index is 5.82. The third-order valence-electron chi connectivity index (χ3n) is 2.36. The number of hydrogen-bond acceptors (Lipinski definition) is 5. The summed E-state index contributed by atoms with van der Waals surface area (Å²) in [6, 6.07) is 3.74. The van der Waals surface area contributed by atoms with Gasteiger partial charge in [0.05, 0.1) is 0 Å². The van der Waals surface area contributed by atoms with Gasteiger partial charge in [-0.15, -0.1) is 10.2 Å². The van der Waals surface area contributed by atoms with Crippen LogP contribution in [0, 0.1) is 0 Å². The predicted octanol–water partition coefficient (Wildman–Crippen LogP) is 1.41. The van der Waals surface area contributed by atoms with Gasteiger partial charge in [-0.1, -0.05) is 6.92 Å². The van der Waals surface area contributed by atoms with Crippen LogP contribution >= 0.6 is 0 Å². The average molecular weight is 218 g/mol. The standard InChI is InChI=1S/C11H14N4O/c1-2-9(12)7-10-14-15-11(16-10)8-3-5-13-6-4-8/h3-6,9H,2,7,12H2,1H3/t9-/m0/s1. The predicted molar refractivity (Wildman–Crippen MR) is 59.5 cm³/mol. The van der Waals surface area contributed by atoms with Crippen LogP contribution in [-0.2, 0) is 6.42 Å². The molecule has 0 spiro atoms. The van der Waals surface area contributed by atoms with Crippen LogP contribution in [-0.4, -0.2) is 21.2 Å². The van der Waals surface area contributed by atoms with E-state index in [1.54, 1.807) is 12.4 Å². The Kier molecular flexibility index (Phi) is 3.26. The number of nitrogens with two attached hydrogens (primary N) is 1. The summed E-state index contributed by atoms with van der Waals surface area (Å²) in [5, 5.41) is 7.94. The number of rotatable bonds is 4. The molecule has 0 saturated heterocycles. The first-order chi connectivity index (χ1) is 7.79. The minimum Gasteiger partial charge on any atom is -0.421 e. The molecule has 0 aliphatic rings. The van der Waals surface area contributed by atoms with Gasteiger partial charge in [0.15, 0.2) is 0 Å². The molecular weight excluding hydrogens is 204 g/mol. The van der Waals surface area contributed by atoms with Crippen molar-refractivity contribution in [2.45, 2.75) is 25.8 Å². The molecule has 0 amide bonds. The molecule has 0 aromatic carbocycles. The largest absolute Gasteiger partial charge is 0.421 e. The van der Waals surface area contributed by atoms with Crippen LogP contribution in [0.1, 0.15) is 19.2 Å². The van der Waals surface area contributed by atoms with Crippen molar-refractivity contribution in [1.82, 2.24) is 15.2 Å². The first-order valence-corrected chi connectivity index (χ1v) is 5.28. The summed E-state index contributed by atoms with van der Waals surface area (Å²) >= 11 is 0. The summed E-state index contributed by atoms with van der Waals surface area (Å²) in [6.45, 7) is 2.03. The van der Waals surface area contributed by atoms with Gasteiger partial charge < -0.3 is 10.2 Å². The number of nitrogens with zero attached hydrogens (tertiary/aromatic N) is 3. The van der Waals surface area contributed by atoms with Crippen LogP contribution in [0.2, 0.25) is 0 Å². The Hall–Kier alpha value is -1.75. The molecule has 5 heteroatoms. The lowest BCUT2D eigenvalue weighted by molar-refractivity contribution is 0.474. The molecule has 0 fully saturated rings. The van der Waals surface area contributed by atoms with Crippen LogP contribution < -0.4 is 5.73 Å². The van der Waals surface area contributed by atoms with Crippen molar-refractivity contribution < 1.29 is 4.42 Å². The van der Waals surface area contributed by atoms with Gasteiger partial charge in [0.25, 0.3) is 0 Å². The first-order valence-electron chi connectivity index (χ1n) is 5.28. The van der Waals surface area contributed by atoms with Crippen molar-refractivity contribution in [1.29, 1.82) is 0 Å². The number of pyridine rings is 1. The molecule has 2 heterocycles. The van der Waals surface area contributed by atoms with Gasteiger partial charge in [-0.25, -0.2) is 0 Å². The van der Waals surface area contributed by atoms with E-state index in [1.165, 1.54) is 0 Å². The molecule has 2 aromatic heterocycles. The molecule has 1 atom stereocenters. The van der Waals surface area contributed by atoms with E-state index in [0.717, 1.165) is 12.0 Å². The highest BCUT2D eigenvalue weighted by Gasteiger charge is 2.10. The fourth-order valence-electron chi connectivity index (χ4n) is 1.32. The Morgan fingerprint density at radius 2 is 2.06 bits per heavy atom. The van der Waals surface area contributed by atoms with Crippen LogP contribution in [0.15, 0.2) is 28.9 Å². The third-order valence-corrected chi connectivity index (χ3v) is 2.36. The van der Waals surface area contributed by atoms with E-state index in [4.69, 9.17) is 10.2 Å². The zero-order valence-electron chi connectivity index (χ0n) is 9.13. The minimum atomic E-state index is 0.0748. The number of aromatic nitrogens is 3. The van der Waals surface area contributed by atoms with E-state index in [2.05, 4.69) is 15.2 Å². The highest BCUT2D eigenvalue weighted by Crippen LogP contribution is 2.16. The monoisotopic (exact) mass is 218 g/mol. The quantitative estimate of drug-likeness (QED) is 0.839. The molecule has 0 bridgehead atoms. The fraction of sp³-hybridized carbons (Fsp3) is 0.364. The van der Waals surface area contributed by atoms with Crippen molar-refractivity contribution in [3.05, 3.63) is 30.4 Å². The SMILES string of the molecule is CC[C@H](N)Cc1nnc(-c2ccncc2)o1. The van der Waals surface area contributed by atoms with Crippen molar-refractivity contribution in [3.8, 4) is 11.5 Å². The molecule has 0 saturated carbocycles. The smallest absolute Gasteiger partial charge is 0.247 e. The molecule has 84 valence electrons. The molecule has 16 heavy (non-hydrogen) atoms. The van der Waals surface area contributed by atoms with E-state index in [9.17, 15) is 0 Å². The van der Waals surface area contributed by atoms with Crippen molar-refractivity contribution in [2.24, 2.45) is 5.73 Å². The lowest BCUT2D eigenvalue weighted by atomic mass is 10.2. The van der Waals surface area contributed by atoms with E-state index >= 15 is 0 Å². The fourth-order valence-corrected chi connectivity index (χ4v) is 1.32. The van der Waals surface area contributed by atoms with E-state index in [0.29, 0.717) is 18.2 Å². The summed E-state index contributed by atoms with van der Waals surface area (Å²) in [5.74, 6) is 1.10. The molecule has 0 unspecified atom stereocenters. The second-order valence-corrected chi connectivity index (χ2v) is 3.61. The first kappa shape index (κ1) is 10.8. The van der Waals surface area contributed by atoms with E-state index < -0.39 is 0 Å². The highest BCUT2D eigenvalue weighted by atomic mass is 16.4. The maximum absolute atomic E-state index is 5.82. The summed E-state index contributed by atoms with van der Waals surface area (Å²) in [4.78, 5) is 3.93. The van der Waals surface area contributed by atoms with Crippen LogP contribution in [0.25, 0.3) is 11.5 Å². The van der Waals surface area contributed by atoms with Crippen LogP contribution in [0.3, 0.4) is 0 Å². The molecular formula is C11H14N4O. The lowest BCUT2D eigenvalue weighted by Gasteiger charge is -2.02. The van der Waals surface area contributed by atoms with Gasteiger partial charge in [-0.2, -0.15) is 0 Å². The van der Waals surface area contributed by atoms with Crippen LogP contribution in [0.5, 0.6) is 0 Å². The summed E-state index contributed by atoms with van der Waals surface area (Å²) in [7, 11) is 0. The molecule has 0 radical (unpaired) electrons. The number of hydrogen-bond donors (Lipinski definition) is 1. The molecule has 5 nitrogen and oxygen atoms in total. The zero-order chi connectivity index (χ0) is 11.4. The van der Waals surface area contributed by atoms with Crippen molar-refractivity contribution in [2.75, 3.05) is 0 Å². The van der Waals surface area contributed by atoms with E-state index in [-0.39, 0.29) is 6.04 Å². The minimum absolute atomic E-state index is 0.0748. The summed E-state index contributed by atoms with van der Waals surface area (Å²) < 4.78 is 5.51. The van der Waals surface area contributed by atoms with Crippen molar-refractivity contribution in [3.63, 3.8) is 0 Å². The molecule has 0 aliphatic heterocycles. The lowest BCUT2D eigenvalue weighted by Crippen LogP contribution is -2.21. The van der Waals surface area contributed by atoms with Crippen LogP contribution in [0.4, 0.5) is 0 Å². The van der Waals surface area contributed by atoms with Gasteiger partial charge in [-0.3, -0.25) is 4.98 Å². The Balaban J connectivity index is 2.14. The molecule has 2 rings (SSSR count).